The van der Waals surface area contributed by atoms with E-state index in [9.17, 15) is 4.39 Å². The Balaban J connectivity index is 2.34. The van der Waals surface area contributed by atoms with Gasteiger partial charge >= 0.3 is 0 Å². The average molecular weight is 248 g/mol. The quantitative estimate of drug-likeness (QED) is 0.827. The van der Waals surface area contributed by atoms with Crippen LogP contribution in [0.25, 0.3) is 0 Å². The van der Waals surface area contributed by atoms with Gasteiger partial charge in [0.05, 0.1) is 17.3 Å². The summed E-state index contributed by atoms with van der Waals surface area (Å²) in [7, 11) is 0. The number of anilines is 2. The number of halogens is 2. The van der Waals surface area contributed by atoms with Gasteiger partial charge in [-0.2, -0.15) is 5.26 Å². The largest absolute Gasteiger partial charge is 0.338 e. The number of nitrogens with one attached hydrogen (secondary N) is 1. The van der Waals surface area contributed by atoms with E-state index in [0.29, 0.717) is 11.4 Å². The van der Waals surface area contributed by atoms with Gasteiger partial charge in [-0.15, -0.1) is 0 Å². The van der Waals surface area contributed by atoms with Crippen LogP contribution in [0.1, 0.15) is 5.56 Å². The van der Waals surface area contributed by atoms with Gasteiger partial charge < -0.3 is 5.32 Å². The standard InChI is InChI=1S/C12H7ClFN3/c13-11-5-8(7-15)6-12(17-11)16-10-4-2-1-3-9(10)14/h1-6H,(H,16,17). The summed E-state index contributed by atoms with van der Waals surface area (Å²) in [5, 5.41) is 11.7. The van der Waals surface area contributed by atoms with Crippen LogP contribution in [0.15, 0.2) is 36.4 Å². The molecule has 0 saturated heterocycles. The summed E-state index contributed by atoms with van der Waals surface area (Å²) in [6.07, 6.45) is 0. The number of hydrogen-bond donors (Lipinski definition) is 1. The highest BCUT2D eigenvalue weighted by Crippen LogP contribution is 2.20. The molecule has 5 heteroatoms. The number of para-hydroxylation sites is 1. The van der Waals surface area contributed by atoms with E-state index in [1.54, 1.807) is 18.2 Å². The molecule has 0 unspecified atom stereocenters. The molecule has 84 valence electrons. The van der Waals surface area contributed by atoms with Crippen LogP contribution in [0, 0.1) is 17.1 Å². The van der Waals surface area contributed by atoms with Gasteiger partial charge in [0, 0.05) is 0 Å². The molecule has 0 saturated carbocycles. The third-order valence-electron chi connectivity index (χ3n) is 2.06. The Kier molecular flexibility index (Phi) is 3.22. The number of nitriles is 1. The summed E-state index contributed by atoms with van der Waals surface area (Å²) >= 11 is 5.74. The van der Waals surface area contributed by atoms with Crippen LogP contribution in [0.4, 0.5) is 15.9 Å². The van der Waals surface area contributed by atoms with Crippen molar-refractivity contribution in [3.63, 3.8) is 0 Å². The van der Waals surface area contributed by atoms with Crippen molar-refractivity contribution in [2.75, 3.05) is 5.32 Å². The highest BCUT2D eigenvalue weighted by atomic mass is 35.5. The first kappa shape index (κ1) is 11.4. The number of rotatable bonds is 2. The molecule has 1 N–H and O–H groups in total. The summed E-state index contributed by atoms with van der Waals surface area (Å²) in [5.41, 5.74) is 0.648. The zero-order chi connectivity index (χ0) is 12.3. The Morgan fingerprint density at radius 3 is 2.76 bits per heavy atom. The van der Waals surface area contributed by atoms with E-state index in [4.69, 9.17) is 16.9 Å². The van der Waals surface area contributed by atoms with Crippen LogP contribution in [-0.4, -0.2) is 4.98 Å². The van der Waals surface area contributed by atoms with Crippen molar-refractivity contribution in [3.05, 3.63) is 52.9 Å². The molecule has 17 heavy (non-hydrogen) atoms. The van der Waals surface area contributed by atoms with Crippen LogP contribution in [-0.2, 0) is 0 Å². The Morgan fingerprint density at radius 1 is 1.29 bits per heavy atom. The average Bonchev–Trinajstić information content (AvgIpc) is 2.31. The lowest BCUT2D eigenvalue weighted by Crippen LogP contribution is -1.96. The summed E-state index contributed by atoms with van der Waals surface area (Å²) in [4.78, 5) is 3.95. The van der Waals surface area contributed by atoms with E-state index in [-0.39, 0.29) is 10.8 Å². The predicted octanol–water partition coefficient (Wildman–Crippen LogP) is 3.49. The molecule has 1 aromatic heterocycles. The third-order valence-corrected chi connectivity index (χ3v) is 2.25. The number of aromatic nitrogens is 1. The number of pyridine rings is 1. The second-order valence-corrected chi connectivity index (χ2v) is 3.67. The fourth-order valence-corrected chi connectivity index (χ4v) is 1.53. The predicted molar refractivity (Wildman–Crippen MR) is 63.6 cm³/mol. The van der Waals surface area contributed by atoms with E-state index in [1.807, 2.05) is 6.07 Å². The highest BCUT2D eigenvalue weighted by molar-refractivity contribution is 6.29. The monoisotopic (exact) mass is 247 g/mol. The van der Waals surface area contributed by atoms with E-state index in [0.717, 1.165) is 0 Å². The minimum atomic E-state index is -0.396. The molecule has 0 bridgehead atoms. The molecule has 0 atom stereocenters. The van der Waals surface area contributed by atoms with E-state index < -0.39 is 5.82 Å². The first-order valence-electron chi connectivity index (χ1n) is 4.78. The SMILES string of the molecule is N#Cc1cc(Cl)nc(Nc2ccccc2F)c1. The topological polar surface area (TPSA) is 48.7 Å². The van der Waals surface area contributed by atoms with E-state index in [1.165, 1.54) is 18.2 Å². The fraction of sp³-hybridized carbons (Fsp3) is 0. The molecule has 0 aliphatic carbocycles. The smallest absolute Gasteiger partial charge is 0.146 e. The fourth-order valence-electron chi connectivity index (χ4n) is 1.33. The molecule has 0 spiro atoms. The Hall–Kier alpha value is -2.12. The molecule has 1 aromatic carbocycles. The third kappa shape index (κ3) is 2.71. The molecule has 0 aliphatic rings. The first-order valence-corrected chi connectivity index (χ1v) is 5.16. The van der Waals surface area contributed by atoms with Crippen LogP contribution in [0.3, 0.4) is 0 Å². The molecule has 0 radical (unpaired) electrons. The van der Waals surface area contributed by atoms with Crippen molar-refractivity contribution in [1.29, 1.82) is 5.26 Å². The second-order valence-electron chi connectivity index (χ2n) is 3.28. The van der Waals surface area contributed by atoms with Crippen molar-refractivity contribution in [2.45, 2.75) is 0 Å². The highest BCUT2D eigenvalue weighted by Gasteiger charge is 2.04. The molecule has 3 nitrogen and oxygen atoms in total. The van der Waals surface area contributed by atoms with Gasteiger partial charge in [-0.05, 0) is 24.3 Å². The molecule has 2 rings (SSSR count). The molecule has 1 heterocycles. The zero-order valence-electron chi connectivity index (χ0n) is 8.61. The first-order chi connectivity index (χ1) is 8.19. The van der Waals surface area contributed by atoms with Gasteiger partial charge in [-0.1, -0.05) is 23.7 Å². The lowest BCUT2D eigenvalue weighted by Gasteiger charge is -2.06. The van der Waals surface area contributed by atoms with Gasteiger partial charge in [-0.3, -0.25) is 0 Å². The minimum absolute atomic E-state index is 0.183. The maximum Gasteiger partial charge on any atom is 0.146 e. The Morgan fingerprint density at radius 2 is 2.06 bits per heavy atom. The molecule has 0 fully saturated rings. The van der Waals surface area contributed by atoms with Crippen molar-refractivity contribution in [1.82, 2.24) is 4.98 Å². The van der Waals surface area contributed by atoms with Gasteiger partial charge in [0.25, 0.3) is 0 Å². The van der Waals surface area contributed by atoms with E-state index >= 15 is 0 Å². The lowest BCUT2D eigenvalue weighted by atomic mass is 10.2. The van der Waals surface area contributed by atoms with Crippen molar-refractivity contribution in [2.24, 2.45) is 0 Å². The zero-order valence-corrected chi connectivity index (χ0v) is 9.37. The van der Waals surface area contributed by atoms with Gasteiger partial charge in [-0.25, -0.2) is 9.37 Å². The molecular formula is C12H7ClFN3. The number of nitrogens with zero attached hydrogens (tertiary/aromatic N) is 2. The van der Waals surface area contributed by atoms with Crippen molar-refractivity contribution < 1.29 is 4.39 Å². The van der Waals surface area contributed by atoms with Crippen LogP contribution < -0.4 is 5.32 Å². The second kappa shape index (κ2) is 4.81. The van der Waals surface area contributed by atoms with Crippen LogP contribution in [0.2, 0.25) is 5.15 Å². The summed E-state index contributed by atoms with van der Waals surface area (Å²) < 4.78 is 13.4. The lowest BCUT2D eigenvalue weighted by molar-refractivity contribution is 0.632. The Labute approximate surface area is 102 Å². The maximum atomic E-state index is 13.4. The van der Waals surface area contributed by atoms with Crippen molar-refractivity contribution in [3.8, 4) is 6.07 Å². The minimum Gasteiger partial charge on any atom is -0.338 e. The maximum absolute atomic E-state index is 13.4. The number of benzene rings is 1. The van der Waals surface area contributed by atoms with Crippen molar-refractivity contribution >= 4 is 23.1 Å². The molecule has 0 amide bonds. The van der Waals surface area contributed by atoms with Gasteiger partial charge in [0.2, 0.25) is 0 Å². The van der Waals surface area contributed by atoms with Crippen LogP contribution in [0.5, 0.6) is 0 Å². The summed E-state index contributed by atoms with van der Waals surface area (Å²) in [6, 6.07) is 11.1. The molecule has 2 aromatic rings. The van der Waals surface area contributed by atoms with Gasteiger partial charge in [0.1, 0.15) is 16.8 Å². The number of hydrogen-bond acceptors (Lipinski definition) is 3. The van der Waals surface area contributed by atoms with Gasteiger partial charge in [0.15, 0.2) is 0 Å². The molecular weight excluding hydrogens is 241 g/mol. The van der Waals surface area contributed by atoms with E-state index in [2.05, 4.69) is 10.3 Å². The summed E-state index contributed by atoms with van der Waals surface area (Å²) in [6.45, 7) is 0. The Bertz CT molecular complexity index is 593. The normalized spacial score (nSPS) is 9.71. The van der Waals surface area contributed by atoms with Crippen LogP contribution >= 0.6 is 11.6 Å². The summed E-state index contributed by atoms with van der Waals surface area (Å²) in [5.74, 6) is -0.0630. The molecule has 0 aliphatic heterocycles.